The molecule has 0 aliphatic heterocycles. The Balaban J connectivity index is 2.06. The first-order valence-corrected chi connectivity index (χ1v) is 6.86. The Bertz CT molecular complexity index is 645. The summed E-state index contributed by atoms with van der Waals surface area (Å²) in [5.74, 6) is -6.62. The van der Waals surface area contributed by atoms with Crippen LogP contribution in [0.5, 0.6) is 0 Å². The number of aromatic nitrogens is 1. The van der Waals surface area contributed by atoms with Crippen LogP contribution in [0.4, 0.5) is 18.3 Å². The predicted octanol–water partition coefficient (Wildman–Crippen LogP) is 2.73. The molecule has 0 saturated carbocycles. The molecule has 112 valence electrons. The Labute approximate surface area is 123 Å². The van der Waals surface area contributed by atoms with Crippen LogP contribution >= 0.6 is 11.3 Å². The molecule has 1 aromatic heterocycles. The van der Waals surface area contributed by atoms with E-state index in [0.29, 0.717) is 10.8 Å². The van der Waals surface area contributed by atoms with Gasteiger partial charge in [0.2, 0.25) is 0 Å². The smallest absolute Gasteiger partial charge is 0.352 e. The minimum Gasteiger partial charge on any atom is -0.365 e. The standard InChI is InChI=1S/C13H12F3N3OS/c1-17-12-19-8(7-21-12)6-18-11(20)13(15,16)9-4-2-3-5-10(9)14/h2-5,7H,6H2,1H3,(H,17,19)(H,18,20). The highest BCUT2D eigenvalue weighted by atomic mass is 32.1. The van der Waals surface area contributed by atoms with Crippen molar-refractivity contribution in [3.63, 3.8) is 0 Å². The van der Waals surface area contributed by atoms with Crippen LogP contribution in [0.2, 0.25) is 0 Å². The van der Waals surface area contributed by atoms with Gasteiger partial charge in [0.05, 0.1) is 17.8 Å². The van der Waals surface area contributed by atoms with Crippen molar-refractivity contribution in [1.29, 1.82) is 0 Å². The molecule has 2 aromatic rings. The van der Waals surface area contributed by atoms with E-state index in [-0.39, 0.29) is 6.54 Å². The van der Waals surface area contributed by atoms with Crippen LogP contribution in [0, 0.1) is 5.82 Å². The summed E-state index contributed by atoms with van der Waals surface area (Å²) in [7, 11) is 1.67. The molecule has 4 nitrogen and oxygen atoms in total. The molecule has 0 saturated heterocycles. The fraction of sp³-hybridized carbons (Fsp3) is 0.231. The van der Waals surface area contributed by atoms with E-state index in [9.17, 15) is 18.0 Å². The molecule has 0 radical (unpaired) electrons. The number of amides is 1. The molecule has 2 rings (SSSR count). The van der Waals surface area contributed by atoms with E-state index in [4.69, 9.17) is 0 Å². The zero-order valence-electron chi connectivity index (χ0n) is 11.0. The van der Waals surface area contributed by atoms with E-state index in [0.717, 1.165) is 12.1 Å². The van der Waals surface area contributed by atoms with Gasteiger partial charge in [0.1, 0.15) is 5.82 Å². The SMILES string of the molecule is CNc1nc(CNC(=O)C(F)(F)c2ccccc2F)cs1. The highest BCUT2D eigenvalue weighted by Crippen LogP contribution is 2.30. The molecule has 1 aromatic carbocycles. The summed E-state index contributed by atoms with van der Waals surface area (Å²) < 4.78 is 41.2. The van der Waals surface area contributed by atoms with Crippen LogP contribution in [0.15, 0.2) is 29.6 Å². The average molecular weight is 315 g/mol. The maximum Gasteiger partial charge on any atom is 0.352 e. The second-order valence-electron chi connectivity index (χ2n) is 4.13. The number of anilines is 1. The fourth-order valence-electron chi connectivity index (χ4n) is 1.62. The van der Waals surface area contributed by atoms with Crippen molar-refractivity contribution in [2.24, 2.45) is 0 Å². The fourth-order valence-corrected chi connectivity index (χ4v) is 2.29. The minimum absolute atomic E-state index is 0.152. The van der Waals surface area contributed by atoms with Crippen molar-refractivity contribution in [3.05, 3.63) is 46.7 Å². The molecule has 1 heterocycles. The normalized spacial score (nSPS) is 11.2. The number of halogens is 3. The number of benzene rings is 1. The van der Waals surface area contributed by atoms with Gasteiger partial charge in [-0.1, -0.05) is 12.1 Å². The lowest BCUT2D eigenvalue weighted by molar-refractivity contribution is -0.147. The number of hydrogen-bond acceptors (Lipinski definition) is 4. The first-order chi connectivity index (χ1) is 9.95. The molecule has 0 aliphatic rings. The third-order valence-corrected chi connectivity index (χ3v) is 3.60. The molecule has 0 bridgehead atoms. The van der Waals surface area contributed by atoms with Crippen LogP contribution in [-0.4, -0.2) is 17.9 Å². The Hall–Kier alpha value is -2.09. The molecule has 21 heavy (non-hydrogen) atoms. The van der Waals surface area contributed by atoms with Gasteiger partial charge in [0, 0.05) is 12.4 Å². The molecule has 1 amide bonds. The summed E-state index contributed by atoms with van der Waals surface area (Å²) in [6, 6.07) is 4.30. The van der Waals surface area contributed by atoms with Crippen molar-refractivity contribution in [3.8, 4) is 0 Å². The number of rotatable bonds is 5. The lowest BCUT2D eigenvalue weighted by Crippen LogP contribution is -2.38. The second kappa shape index (κ2) is 6.13. The number of thiazole rings is 1. The van der Waals surface area contributed by atoms with Gasteiger partial charge < -0.3 is 10.6 Å². The molecule has 0 aliphatic carbocycles. The Morgan fingerprint density at radius 1 is 1.38 bits per heavy atom. The zero-order valence-corrected chi connectivity index (χ0v) is 11.8. The number of nitrogens with zero attached hydrogens (tertiary/aromatic N) is 1. The van der Waals surface area contributed by atoms with Gasteiger partial charge in [-0.3, -0.25) is 4.79 Å². The van der Waals surface area contributed by atoms with Gasteiger partial charge in [-0.15, -0.1) is 11.3 Å². The summed E-state index contributed by atoms with van der Waals surface area (Å²) in [4.78, 5) is 15.6. The van der Waals surface area contributed by atoms with E-state index in [1.807, 2.05) is 0 Å². The van der Waals surface area contributed by atoms with E-state index >= 15 is 0 Å². The highest BCUT2D eigenvalue weighted by Gasteiger charge is 2.42. The molecule has 0 fully saturated rings. The zero-order chi connectivity index (χ0) is 15.5. The van der Waals surface area contributed by atoms with E-state index in [1.54, 1.807) is 12.4 Å². The number of alkyl halides is 2. The first-order valence-electron chi connectivity index (χ1n) is 5.98. The van der Waals surface area contributed by atoms with E-state index in [2.05, 4.69) is 15.6 Å². The van der Waals surface area contributed by atoms with Crippen molar-refractivity contribution in [1.82, 2.24) is 10.3 Å². The summed E-state index contributed by atoms with van der Waals surface area (Å²) in [5.41, 5.74) is -0.501. The van der Waals surface area contributed by atoms with E-state index < -0.39 is 23.2 Å². The van der Waals surface area contributed by atoms with Gasteiger partial charge in [-0.05, 0) is 12.1 Å². The minimum atomic E-state index is -3.94. The van der Waals surface area contributed by atoms with Gasteiger partial charge >= 0.3 is 5.92 Å². The summed E-state index contributed by atoms with van der Waals surface area (Å²) in [6.45, 7) is -0.152. The molecule has 8 heteroatoms. The number of hydrogen-bond donors (Lipinski definition) is 2. The third-order valence-electron chi connectivity index (χ3n) is 2.69. The summed E-state index contributed by atoms with van der Waals surface area (Å²) in [5, 5.41) is 7.10. The van der Waals surface area contributed by atoms with Gasteiger partial charge in [-0.2, -0.15) is 8.78 Å². The van der Waals surface area contributed by atoms with Gasteiger partial charge in [-0.25, -0.2) is 9.37 Å². The molecule has 0 unspecified atom stereocenters. The molecular weight excluding hydrogens is 303 g/mol. The van der Waals surface area contributed by atoms with Crippen LogP contribution in [-0.2, 0) is 17.3 Å². The second-order valence-corrected chi connectivity index (χ2v) is 4.99. The van der Waals surface area contributed by atoms with E-state index in [1.165, 1.54) is 23.5 Å². The lowest BCUT2D eigenvalue weighted by Gasteiger charge is -2.16. The Morgan fingerprint density at radius 2 is 2.10 bits per heavy atom. The number of carbonyl (C=O) groups excluding carboxylic acids is 1. The molecule has 0 atom stereocenters. The largest absolute Gasteiger partial charge is 0.365 e. The predicted molar refractivity (Wildman–Crippen MR) is 73.8 cm³/mol. The van der Waals surface area contributed by atoms with Gasteiger partial charge in [0.25, 0.3) is 5.91 Å². The van der Waals surface area contributed by atoms with Crippen LogP contribution in [0.3, 0.4) is 0 Å². The Kier molecular flexibility index (Phi) is 4.46. The van der Waals surface area contributed by atoms with Gasteiger partial charge in [0.15, 0.2) is 5.13 Å². The Morgan fingerprint density at radius 3 is 2.71 bits per heavy atom. The maximum absolute atomic E-state index is 13.9. The molecule has 2 N–H and O–H groups in total. The van der Waals surface area contributed by atoms with Crippen LogP contribution in [0.1, 0.15) is 11.3 Å². The van der Waals surface area contributed by atoms with Crippen molar-refractivity contribution < 1.29 is 18.0 Å². The maximum atomic E-state index is 13.9. The van der Waals surface area contributed by atoms with Crippen molar-refractivity contribution in [2.75, 3.05) is 12.4 Å². The number of nitrogens with one attached hydrogen (secondary N) is 2. The monoisotopic (exact) mass is 315 g/mol. The van der Waals surface area contributed by atoms with Crippen LogP contribution in [0.25, 0.3) is 0 Å². The lowest BCUT2D eigenvalue weighted by atomic mass is 10.1. The quantitative estimate of drug-likeness (QED) is 0.892. The summed E-state index contributed by atoms with van der Waals surface area (Å²) in [6.07, 6.45) is 0. The summed E-state index contributed by atoms with van der Waals surface area (Å²) >= 11 is 1.29. The molecular formula is C13H12F3N3OS. The van der Waals surface area contributed by atoms with Crippen molar-refractivity contribution in [2.45, 2.75) is 12.5 Å². The highest BCUT2D eigenvalue weighted by molar-refractivity contribution is 7.13. The van der Waals surface area contributed by atoms with Crippen LogP contribution < -0.4 is 10.6 Å². The average Bonchev–Trinajstić information content (AvgIpc) is 2.93. The number of carbonyl (C=O) groups is 1. The first kappa shape index (κ1) is 15.3. The third kappa shape index (κ3) is 3.33. The molecule has 0 spiro atoms. The topological polar surface area (TPSA) is 54.0 Å². The van der Waals surface area contributed by atoms with Crippen molar-refractivity contribution >= 4 is 22.4 Å².